The number of rotatable bonds is 2. The van der Waals surface area contributed by atoms with E-state index < -0.39 is 17.4 Å². The van der Waals surface area contributed by atoms with Crippen LogP contribution >= 0.6 is 0 Å². The minimum atomic E-state index is -0.608. The molecule has 5 heteroatoms. The van der Waals surface area contributed by atoms with Crippen molar-refractivity contribution in [3.63, 3.8) is 0 Å². The van der Waals surface area contributed by atoms with Gasteiger partial charge >= 0.3 is 5.97 Å². The third-order valence-corrected chi connectivity index (χ3v) is 3.80. The summed E-state index contributed by atoms with van der Waals surface area (Å²) in [5.41, 5.74) is 6.99. The maximum Gasteiger partial charge on any atom is 0.343 e. The second-order valence-electron chi connectivity index (χ2n) is 4.88. The first kappa shape index (κ1) is 12.9. The molecule has 2 aliphatic carbocycles. The lowest BCUT2D eigenvalue weighted by molar-refractivity contribution is -0.141. The highest BCUT2D eigenvalue weighted by molar-refractivity contribution is 6.18. The van der Waals surface area contributed by atoms with Gasteiger partial charge in [0.05, 0.1) is 6.61 Å². The molecule has 3 aliphatic rings. The third kappa shape index (κ3) is 1.74. The van der Waals surface area contributed by atoms with Gasteiger partial charge in [0.25, 0.3) is 5.91 Å². The van der Waals surface area contributed by atoms with Crippen LogP contribution in [0.5, 0.6) is 0 Å². The Kier molecular flexibility index (Phi) is 3.06. The molecule has 104 valence electrons. The van der Waals surface area contributed by atoms with Gasteiger partial charge in [-0.3, -0.25) is 10.2 Å². The lowest BCUT2D eigenvalue weighted by atomic mass is 9.71. The van der Waals surface area contributed by atoms with Gasteiger partial charge in [0.2, 0.25) is 0 Å². The summed E-state index contributed by atoms with van der Waals surface area (Å²) < 4.78 is 5.03. The van der Waals surface area contributed by atoms with Gasteiger partial charge in [0, 0.05) is 0 Å². The van der Waals surface area contributed by atoms with Crippen molar-refractivity contribution in [1.82, 2.24) is 10.9 Å². The number of carbonyl (C=O) groups excluding carboxylic acids is 2. The topological polar surface area (TPSA) is 67.4 Å². The van der Waals surface area contributed by atoms with Crippen molar-refractivity contribution < 1.29 is 14.3 Å². The van der Waals surface area contributed by atoms with Crippen molar-refractivity contribution in [3.8, 4) is 0 Å². The SMILES string of the molecule is CCOC(=O)C1=C2CCC=C3C=CC=CC32NNC1=O. The molecule has 0 radical (unpaired) electrons. The van der Waals surface area contributed by atoms with Gasteiger partial charge in [0.1, 0.15) is 11.1 Å². The van der Waals surface area contributed by atoms with E-state index in [0.29, 0.717) is 6.42 Å². The minimum Gasteiger partial charge on any atom is -0.462 e. The van der Waals surface area contributed by atoms with Gasteiger partial charge in [-0.15, -0.1) is 0 Å². The molecule has 1 unspecified atom stereocenters. The van der Waals surface area contributed by atoms with Gasteiger partial charge in [-0.25, -0.2) is 10.2 Å². The molecule has 20 heavy (non-hydrogen) atoms. The Morgan fingerprint density at radius 1 is 1.45 bits per heavy atom. The van der Waals surface area contributed by atoms with Crippen molar-refractivity contribution in [1.29, 1.82) is 0 Å². The third-order valence-electron chi connectivity index (χ3n) is 3.80. The van der Waals surface area contributed by atoms with Crippen LogP contribution in [0.1, 0.15) is 19.8 Å². The summed E-state index contributed by atoms with van der Waals surface area (Å²) >= 11 is 0. The molecule has 0 saturated carbocycles. The van der Waals surface area contributed by atoms with Crippen LogP contribution in [0.25, 0.3) is 0 Å². The first-order valence-corrected chi connectivity index (χ1v) is 6.74. The van der Waals surface area contributed by atoms with Gasteiger partial charge in [-0.1, -0.05) is 30.4 Å². The second-order valence-corrected chi connectivity index (χ2v) is 4.88. The van der Waals surface area contributed by atoms with E-state index in [2.05, 4.69) is 16.9 Å². The first-order valence-electron chi connectivity index (χ1n) is 6.74. The molecular weight excluding hydrogens is 256 g/mol. The number of ether oxygens (including phenoxy) is 1. The van der Waals surface area contributed by atoms with Gasteiger partial charge in [0.15, 0.2) is 0 Å². The predicted octanol–water partition coefficient (Wildman–Crippen LogP) is 1.07. The molecule has 1 amide bonds. The maximum atomic E-state index is 12.1. The number of allylic oxidation sites excluding steroid dienone is 3. The number of nitrogens with one attached hydrogen (secondary N) is 2. The molecule has 3 rings (SSSR count). The van der Waals surface area contributed by atoms with Crippen LogP contribution < -0.4 is 10.9 Å². The van der Waals surface area contributed by atoms with E-state index in [0.717, 1.165) is 17.6 Å². The number of hydrogen-bond donors (Lipinski definition) is 2. The van der Waals surface area contributed by atoms with Gasteiger partial charge < -0.3 is 4.74 Å². The molecule has 2 N–H and O–H groups in total. The van der Waals surface area contributed by atoms with E-state index in [4.69, 9.17) is 4.74 Å². The summed E-state index contributed by atoms with van der Waals surface area (Å²) in [7, 11) is 0. The number of esters is 1. The summed E-state index contributed by atoms with van der Waals surface area (Å²) in [6.07, 6.45) is 11.4. The van der Waals surface area contributed by atoms with E-state index >= 15 is 0 Å². The Labute approximate surface area is 117 Å². The Hall–Kier alpha value is -2.14. The summed E-state index contributed by atoms with van der Waals surface area (Å²) in [5, 5.41) is 0. The first-order chi connectivity index (χ1) is 9.69. The Balaban J connectivity index is 2.16. The molecule has 0 aromatic rings. The smallest absolute Gasteiger partial charge is 0.343 e. The molecular formula is C15H16N2O3. The number of amides is 1. The number of hydrazine groups is 1. The zero-order chi connectivity index (χ0) is 14.2. The molecule has 0 bridgehead atoms. The highest BCUT2D eigenvalue weighted by Crippen LogP contribution is 2.41. The van der Waals surface area contributed by atoms with Crippen molar-refractivity contribution in [2.75, 3.05) is 6.61 Å². The molecule has 0 fully saturated rings. The average molecular weight is 272 g/mol. The van der Waals surface area contributed by atoms with Crippen molar-refractivity contribution in [2.24, 2.45) is 0 Å². The van der Waals surface area contributed by atoms with Crippen LogP contribution in [0.3, 0.4) is 0 Å². The zero-order valence-electron chi connectivity index (χ0n) is 11.2. The molecule has 0 saturated heterocycles. The largest absolute Gasteiger partial charge is 0.462 e. The van der Waals surface area contributed by atoms with E-state index in [1.54, 1.807) is 6.92 Å². The van der Waals surface area contributed by atoms with E-state index in [-0.39, 0.29) is 12.2 Å². The van der Waals surface area contributed by atoms with Crippen LogP contribution in [-0.4, -0.2) is 24.0 Å². The van der Waals surface area contributed by atoms with Crippen molar-refractivity contribution in [3.05, 3.63) is 47.1 Å². The summed E-state index contributed by atoms with van der Waals surface area (Å²) in [6, 6.07) is 0. The fourth-order valence-corrected chi connectivity index (χ4v) is 2.95. The van der Waals surface area contributed by atoms with Crippen LogP contribution in [0, 0.1) is 0 Å². The minimum absolute atomic E-state index is 0.135. The average Bonchev–Trinajstić information content (AvgIpc) is 2.46. The molecule has 1 spiro atoms. The zero-order valence-corrected chi connectivity index (χ0v) is 11.2. The molecule has 1 atom stereocenters. The van der Waals surface area contributed by atoms with Crippen molar-refractivity contribution >= 4 is 11.9 Å². The molecule has 1 heterocycles. The summed E-state index contributed by atoms with van der Waals surface area (Å²) in [4.78, 5) is 24.1. The molecule has 0 aromatic carbocycles. The highest BCUT2D eigenvalue weighted by atomic mass is 16.5. The normalized spacial score (nSPS) is 27.4. The lowest BCUT2D eigenvalue weighted by Crippen LogP contribution is -2.61. The summed E-state index contributed by atoms with van der Waals surface area (Å²) in [5.74, 6) is -0.974. The highest BCUT2D eigenvalue weighted by Gasteiger charge is 2.45. The molecule has 0 aromatic heterocycles. The van der Waals surface area contributed by atoms with Crippen LogP contribution in [0.2, 0.25) is 0 Å². The van der Waals surface area contributed by atoms with Crippen LogP contribution in [0.4, 0.5) is 0 Å². The quantitative estimate of drug-likeness (QED) is 0.583. The van der Waals surface area contributed by atoms with E-state index in [1.165, 1.54) is 0 Å². The summed E-state index contributed by atoms with van der Waals surface area (Å²) in [6.45, 7) is 1.98. The fourth-order valence-electron chi connectivity index (χ4n) is 2.95. The molecule has 5 nitrogen and oxygen atoms in total. The fraction of sp³-hybridized carbons (Fsp3) is 0.333. The molecule has 1 aliphatic heterocycles. The van der Waals surface area contributed by atoms with Crippen LogP contribution in [0.15, 0.2) is 47.1 Å². The predicted molar refractivity (Wildman–Crippen MR) is 73.3 cm³/mol. The van der Waals surface area contributed by atoms with E-state index in [1.807, 2.05) is 24.3 Å². The number of hydrogen-bond acceptors (Lipinski definition) is 4. The lowest BCUT2D eigenvalue weighted by Gasteiger charge is -2.43. The van der Waals surface area contributed by atoms with Gasteiger partial charge in [-0.05, 0) is 30.9 Å². The van der Waals surface area contributed by atoms with Crippen LogP contribution in [-0.2, 0) is 14.3 Å². The Bertz CT molecular complexity index is 598. The maximum absolute atomic E-state index is 12.1. The Morgan fingerprint density at radius 2 is 2.30 bits per heavy atom. The Morgan fingerprint density at radius 3 is 3.10 bits per heavy atom. The van der Waals surface area contributed by atoms with Crippen molar-refractivity contribution in [2.45, 2.75) is 25.3 Å². The second kappa shape index (κ2) is 4.76. The standard InChI is InChI=1S/C15H16N2O3/c1-2-20-14(19)12-11-8-5-7-10-6-3-4-9-15(10,11)17-16-13(12)18/h3-4,6-7,9,17H,2,5,8H2,1H3,(H,16,18). The monoisotopic (exact) mass is 272 g/mol. The van der Waals surface area contributed by atoms with Gasteiger partial charge in [-0.2, -0.15) is 0 Å². The number of carbonyl (C=O) groups is 2. The van der Waals surface area contributed by atoms with E-state index in [9.17, 15) is 9.59 Å².